The molecular weight excluding hydrogens is 200 g/mol. The van der Waals surface area contributed by atoms with E-state index >= 15 is 0 Å². The van der Waals surface area contributed by atoms with Gasteiger partial charge in [-0.25, -0.2) is 0 Å². The average molecular weight is 214 g/mol. The standard InChI is InChI=1S/C12H14N4/c1-2-11-9-10(6-7-12(11)13)5-3-4-8-15-16-14/h6-7,9H,2,4,8,13H2,1H3. The summed E-state index contributed by atoms with van der Waals surface area (Å²) >= 11 is 0. The Morgan fingerprint density at radius 1 is 1.50 bits per heavy atom. The Hall–Kier alpha value is -2.11. The first-order valence-corrected chi connectivity index (χ1v) is 5.16. The lowest BCUT2D eigenvalue weighted by Crippen LogP contribution is -1.93. The van der Waals surface area contributed by atoms with Crippen molar-refractivity contribution in [1.82, 2.24) is 0 Å². The zero-order valence-electron chi connectivity index (χ0n) is 9.27. The second kappa shape index (κ2) is 6.39. The summed E-state index contributed by atoms with van der Waals surface area (Å²) in [6, 6.07) is 5.77. The van der Waals surface area contributed by atoms with Crippen molar-refractivity contribution in [1.29, 1.82) is 0 Å². The molecule has 0 saturated heterocycles. The third-order valence-electron chi connectivity index (χ3n) is 2.16. The lowest BCUT2D eigenvalue weighted by atomic mass is 10.1. The number of hydrogen-bond donors (Lipinski definition) is 1. The van der Waals surface area contributed by atoms with Gasteiger partial charge in [-0.3, -0.25) is 0 Å². The predicted octanol–water partition coefficient (Wildman–Crippen LogP) is 2.88. The summed E-state index contributed by atoms with van der Waals surface area (Å²) in [6.07, 6.45) is 1.48. The molecule has 0 aliphatic carbocycles. The smallest absolute Gasteiger partial charge is 0.0367 e. The summed E-state index contributed by atoms with van der Waals surface area (Å²) < 4.78 is 0. The van der Waals surface area contributed by atoms with Crippen LogP contribution < -0.4 is 5.73 Å². The number of nitrogens with two attached hydrogens (primary N) is 1. The van der Waals surface area contributed by atoms with E-state index in [1.807, 2.05) is 18.2 Å². The quantitative estimate of drug-likeness (QED) is 0.206. The molecule has 0 fully saturated rings. The van der Waals surface area contributed by atoms with E-state index < -0.39 is 0 Å². The van der Waals surface area contributed by atoms with E-state index in [1.165, 1.54) is 0 Å². The Kier molecular flexibility index (Phi) is 4.78. The normalized spacial score (nSPS) is 8.81. The van der Waals surface area contributed by atoms with Gasteiger partial charge < -0.3 is 5.73 Å². The molecule has 0 radical (unpaired) electrons. The van der Waals surface area contributed by atoms with E-state index in [0.29, 0.717) is 13.0 Å². The Morgan fingerprint density at radius 3 is 3.00 bits per heavy atom. The van der Waals surface area contributed by atoms with Crippen molar-refractivity contribution in [3.05, 3.63) is 39.8 Å². The van der Waals surface area contributed by atoms with Gasteiger partial charge >= 0.3 is 0 Å². The van der Waals surface area contributed by atoms with Gasteiger partial charge in [0.1, 0.15) is 0 Å². The summed E-state index contributed by atoms with van der Waals surface area (Å²) in [5.41, 5.74) is 16.7. The van der Waals surface area contributed by atoms with Gasteiger partial charge in [0.2, 0.25) is 0 Å². The number of rotatable bonds is 3. The Morgan fingerprint density at radius 2 is 2.31 bits per heavy atom. The van der Waals surface area contributed by atoms with Crippen LogP contribution in [-0.2, 0) is 6.42 Å². The number of nitrogens with zero attached hydrogens (tertiary/aromatic N) is 3. The van der Waals surface area contributed by atoms with Gasteiger partial charge in [0.15, 0.2) is 0 Å². The van der Waals surface area contributed by atoms with Crippen molar-refractivity contribution in [3.63, 3.8) is 0 Å². The third-order valence-corrected chi connectivity index (χ3v) is 2.16. The number of azide groups is 1. The first-order valence-electron chi connectivity index (χ1n) is 5.16. The highest BCUT2D eigenvalue weighted by atomic mass is 15.1. The zero-order valence-corrected chi connectivity index (χ0v) is 9.27. The fourth-order valence-corrected chi connectivity index (χ4v) is 1.30. The molecule has 0 heterocycles. The van der Waals surface area contributed by atoms with Crippen LogP contribution in [0, 0.1) is 11.8 Å². The maximum atomic E-state index is 8.08. The average Bonchev–Trinajstić information content (AvgIpc) is 2.31. The lowest BCUT2D eigenvalue weighted by Gasteiger charge is -2.02. The van der Waals surface area contributed by atoms with Crippen LogP contribution >= 0.6 is 0 Å². The molecule has 2 N–H and O–H groups in total. The van der Waals surface area contributed by atoms with Crippen molar-refractivity contribution in [2.75, 3.05) is 12.3 Å². The van der Waals surface area contributed by atoms with Gasteiger partial charge in [0, 0.05) is 29.1 Å². The Labute approximate surface area is 95.1 Å². The van der Waals surface area contributed by atoms with E-state index in [9.17, 15) is 0 Å². The van der Waals surface area contributed by atoms with Crippen LogP contribution in [0.2, 0.25) is 0 Å². The van der Waals surface area contributed by atoms with Crippen molar-refractivity contribution < 1.29 is 0 Å². The van der Waals surface area contributed by atoms with E-state index in [2.05, 4.69) is 28.8 Å². The molecule has 0 unspecified atom stereocenters. The SMILES string of the molecule is CCc1cc(C#CCCN=[N+]=[N-])ccc1N. The number of nitrogen functional groups attached to an aromatic ring is 1. The highest BCUT2D eigenvalue weighted by Gasteiger charge is 1.96. The van der Waals surface area contributed by atoms with Crippen molar-refractivity contribution in [3.8, 4) is 11.8 Å². The molecule has 4 nitrogen and oxygen atoms in total. The highest BCUT2D eigenvalue weighted by Crippen LogP contribution is 2.13. The Bertz CT molecular complexity index is 462. The number of aryl methyl sites for hydroxylation is 1. The molecule has 0 spiro atoms. The van der Waals surface area contributed by atoms with Gasteiger partial charge in [-0.15, -0.1) is 0 Å². The molecule has 0 aromatic heterocycles. The summed E-state index contributed by atoms with van der Waals surface area (Å²) in [5.74, 6) is 5.97. The summed E-state index contributed by atoms with van der Waals surface area (Å²) in [7, 11) is 0. The van der Waals surface area contributed by atoms with Crippen LogP contribution in [-0.4, -0.2) is 6.54 Å². The molecule has 0 amide bonds. The van der Waals surface area contributed by atoms with Crippen LogP contribution in [0.3, 0.4) is 0 Å². The zero-order chi connectivity index (χ0) is 11.8. The van der Waals surface area contributed by atoms with E-state index in [1.54, 1.807) is 0 Å². The monoisotopic (exact) mass is 214 g/mol. The van der Waals surface area contributed by atoms with Crippen LogP contribution in [0.25, 0.3) is 10.4 Å². The van der Waals surface area contributed by atoms with Gasteiger partial charge in [-0.1, -0.05) is 23.9 Å². The first kappa shape index (κ1) is 12.0. The van der Waals surface area contributed by atoms with Crippen LogP contribution in [0.5, 0.6) is 0 Å². The molecule has 0 atom stereocenters. The maximum absolute atomic E-state index is 8.08. The largest absolute Gasteiger partial charge is 0.399 e. The number of benzene rings is 1. The van der Waals surface area contributed by atoms with Crippen LogP contribution in [0.1, 0.15) is 24.5 Å². The molecule has 0 aliphatic heterocycles. The molecule has 0 aliphatic rings. The predicted molar refractivity (Wildman–Crippen MR) is 65.7 cm³/mol. The summed E-state index contributed by atoms with van der Waals surface area (Å²) in [5, 5.41) is 3.41. The minimum atomic E-state index is 0.416. The molecule has 16 heavy (non-hydrogen) atoms. The van der Waals surface area contributed by atoms with Gasteiger partial charge in [-0.05, 0) is 35.7 Å². The molecule has 4 heteroatoms. The second-order valence-corrected chi connectivity index (χ2v) is 3.27. The summed E-state index contributed by atoms with van der Waals surface area (Å²) in [6.45, 7) is 2.48. The van der Waals surface area contributed by atoms with E-state index in [0.717, 1.165) is 23.2 Å². The topological polar surface area (TPSA) is 74.8 Å². The Balaban J connectivity index is 2.70. The van der Waals surface area contributed by atoms with Crippen LogP contribution in [0.4, 0.5) is 5.69 Å². The van der Waals surface area contributed by atoms with E-state index in [4.69, 9.17) is 11.3 Å². The molecular formula is C12H14N4. The van der Waals surface area contributed by atoms with Gasteiger partial charge in [0.05, 0.1) is 0 Å². The fourth-order valence-electron chi connectivity index (χ4n) is 1.30. The van der Waals surface area contributed by atoms with Gasteiger partial charge in [-0.2, -0.15) is 0 Å². The summed E-state index contributed by atoms with van der Waals surface area (Å²) in [4.78, 5) is 2.66. The van der Waals surface area contributed by atoms with Crippen molar-refractivity contribution in [2.24, 2.45) is 5.11 Å². The molecule has 82 valence electrons. The molecule has 0 saturated carbocycles. The molecule has 0 bridgehead atoms. The number of anilines is 1. The number of hydrogen-bond acceptors (Lipinski definition) is 2. The van der Waals surface area contributed by atoms with E-state index in [-0.39, 0.29) is 0 Å². The minimum absolute atomic E-state index is 0.416. The maximum Gasteiger partial charge on any atom is 0.0367 e. The molecule has 1 rings (SSSR count). The second-order valence-electron chi connectivity index (χ2n) is 3.27. The minimum Gasteiger partial charge on any atom is -0.399 e. The third kappa shape index (κ3) is 3.56. The lowest BCUT2D eigenvalue weighted by molar-refractivity contribution is 1.01. The van der Waals surface area contributed by atoms with Gasteiger partial charge in [0.25, 0.3) is 0 Å². The molecule has 1 aromatic rings. The van der Waals surface area contributed by atoms with Crippen molar-refractivity contribution in [2.45, 2.75) is 19.8 Å². The fraction of sp³-hybridized carbons (Fsp3) is 0.333. The molecule has 1 aromatic carbocycles. The van der Waals surface area contributed by atoms with Crippen LogP contribution in [0.15, 0.2) is 23.3 Å². The van der Waals surface area contributed by atoms with Crippen molar-refractivity contribution >= 4 is 5.69 Å². The highest BCUT2D eigenvalue weighted by molar-refractivity contribution is 5.52. The first-order chi connectivity index (χ1) is 7.77.